The zero-order valence-electron chi connectivity index (χ0n) is 19.7. The lowest BCUT2D eigenvalue weighted by molar-refractivity contribution is -0.119. The van der Waals surface area contributed by atoms with Gasteiger partial charge in [-0.2, -0.15) is 0 Å². The van der Waals surface area contributed by atoms with Crippen LogP contribution in [-0.4, -0.2) is 23.5 Å². The van der Waals surface area contributed by atoms with E-state index in [0.717, 1.165) is 29.5 Å². The molecule has 4 rings (SSSR count). The van der Waals surface area contributed by atoms with Crippen LogP contribution >= 0.6 is 0 Å². The number of hydrogen-bond acceptors (Lipinski definition) is 3. The molecule has 0 saturated heterocycles. The van der Waals surface area contributed by atoms with Gasteiger partial charge in [0.2, 0.25) is 5.91 Å². The molecule has 1 aliphatic heterocycles. The average Bonchev–Trinajstić information content (AvgIpc) is 3.31. The number of fused-ring (bicyclic) bond motifs is 1. The van der Waals surface area contributed by atoms with E-state index in [1.165, 1.54) is 24.6 Å². The number of halogens is 2. The molecule has 1 aromatic heterocycles. The Labute approximate surface area is 198 Å². The SMILES string of the molecule is CCc1ccc2c(c1)C(NC(c1cc(F)cc(F)c1)C(c1ccc[nH]1)C(C)NC(C)=O)CCO2. The zero-order chi connectivity index (χ0) is 24.2. The van der Waals surface area contributed by atoms with Crippen molar-refractivity contribution in [3.05, 3.63) is 88.7 Å². The summed E-state index contributed by atoms with van der Waals surface area (Å²) in [5, 5.41) is 6.67. The van der Waals surface area contributed by atoms with Gasteiger partial charge in [-0.25, -0.2) is 8.78 Å². The van der Waals surface area contributed by atoms with Gasteiger partial charge in [0.05, 0.1) is 6.61 Å². The first-order valence-electron chi connectivity index (χ1n) is 11.7. The van der Waals surface area contributed by atoms with Crippen molar-refractivity contribution in [2.24, 2.45) is 0 Å². The first kappa shape index (κ1) is 24.0. The highest BCUT2D eigenvalue weighted by molar-refractivity contribution is 5.73. The molecule has 7 heteroatoms. The van der Waals surface area contributed by atoms with Crippen molar-refractivity contribution in [2.75, 3.05) is 6.61 Å². The molecular formula is C27H31F2N3O2. The molecule has 5 nitrogen and oxygen atoms in total. The number of aromatic nitrogens is 1. The molecule has 1 aliphatic rings. The fraction of sp³-hybridized carbons (Fsp3) is 0.370. The van der Waals surface area contributed by atoms with Crippen molar-refractivity contribution >= 4 is 5.91 Å². The summed E-state index contributed by atoms with van der Waals surface area (Å²) in [7, 11) is 0. The Balaban J connectivity index is 1.80. The van der Waals surface area contributed by atoms with Crippen molar-refractivity contribution in [1.82, 2.24) is 15.6 Å². The van der Waals surface area contributed by atoms with Gasteiger partial charge in [-0.3, -0.25) is 4.79 Å². The number of benzene rings is 2. The smallest absolute Gasteiger partial charge is 0.217 e. The quantitative estimate of drug-likeness (QED) is 0.420. The highest BCUT2D eigenvalue weighted by atomic mass is 19.1. The van der Waals surface area contributed by atoms with E-state index < -0.39 is 17.7 Å². The summed E-state index contributed by atoms with van der Waals surface area (Å²) in [4.78, 5) is 15.2. The number of carbonyl (C=O) groups excluding carboxylic acids is 1. The van der Waals surface area contributed by atoms with Crippen LogP contribution in [0.3, 0.4) is 0 Å². The number of amides is 1. The predicted octanol–water partition coefficient (Wildman–Crippen LogP) is 5.32. The average molecular weight is 468 g/mol. The van der Waals surface area contributed by atoms with Gasteiger partial charge in [0.25, 0.3) is 0 Å². The van der Waals surface area contributed by atoms with Gasteiger partial charge in [-0.1, -0.05) is 19.1 Å². The lowest BCUT2D eigenvalue weighted by Gasteiger charge is -2.37. The fourth-order valence-corrected chi connectivity index (χ4v) is 4.92. The van der Waals surface area contributed by atoms with Gasteiger partial charge in [0.1, 0.15) is 17.4 Å². The van der Waals surface area contributed by atoms with E-state index in [2.05, 4.69) is 34.7 Å². The molecular weight excluding hydrogens is 436 g/mol. The van der Waals surface area contributed by atoms with Crippen LogP contribution in [0.4, 0.5) is 8.78 Å². The van der Waals surface area contributed by atoms with E-state index in [4.69, 9.17) is 4.74 Å². The molecule has 4 atom stereocenters. The van der Waals surface area contributed by atoms with Crippen molar-refractivity contribution < 1.29 is 18.3 Å². The van der Waals surface area contributed by atoms with Crippen molar-refractivity contribution in [2.45, 2.75) is 57.7 Å². The molecule has 0 bridgehead atoms. The molecule has 0 radical (unpaired) electrons. The summed E-state index contributed by atoms with van der Waals surface area (Å²) < 4.78 is 34.6. The maximum atomic E-state index is 14.4. The predicted molar refractivity (Wildman–Crippen MR) is 128 cm³/mol. The Kier molecular flexibility index (Phi) is 7.32. The second kappa shape index (κ2) is 10.4. The molecule has 0 saturated carbocycles. The van der Waals surface area contributed by atoms with Crippen LogP contribution in [0, 0.1) is 11.6 Å². The molecule has 2 aromatic carbocycles. The summed E-state index contributed by atoms with van der Waals surface area (Å²) in [6.45, 7) is 6.01. The Morgan fingerprint density at radius 1 is 1.18 bits per heavy atom. The maximum Gasteiger partial charge on any atom is 0.217 e. The zero-order valence-corrected chi connectivity index (χ0v) is 19.7. The second-order valence-electron chi connectivity index (χ2n) is 8.90. The monoisotopic (exact) mass is 467 g/mol. The Morgan fingerprint density at radius 3 is 2.59 bits per heavy atom. The molecule has 4 unspecified atom stereocenters. The molecule has 0 aliphatic carbocycles. The minimum Gasteiger partial charge on any atom is -0.493 e. The van der Waals surface area contributed by atoms with Crippen LogP contribution in [0.1, 0.15) is 67.6 Å². The first-order valence-corrected chi connectivity index (χ1v) is 11.7. The molecule has 0 spiro atoms. The highest BCUT2D eigenvalue weighted by Gasteiger charge is 2.35. The summed E-state index contributed by atoms with van der Waals surface area (Å²) >= 11 is 0. The van der Waals surface area contributed by atoms with Crippen molar-refractivity contribution in [1.29, 1.82) is 0 Å². The van der Waals surface area contributed by atoms with Gasteiger partial charge < -0.3 is 20.4 Å². The Bertz CT molecular complexity index is 1110. The fourth-order valence-electron chi connectivity index (χ4n) is 4.92. The van der Waals surface area contributed by atoms with E-state index >= 15 is 0 Å². The molecule has 180 valence electrons. The van der Waals surface area contributed by atoms with Crippen LogP contribution < -0.4 is 15.4 Å². The van der Waals surface area contributed by atoms with E-state index in [-0.39, 0.29) is 23.9 Å². The highest BCUT2D eigenvalue weighted by Crippen LogP contribution is 2.40. The maximum absolute atomic E-state index is 14.4. The molecule has 3 aromatic rings. The van der Waals surface area contributed by atoms with Gasteiger partial charge in [0, 0.05) is 60.9 Å². The van der Waals surface area contributed by atoms with Crippen molar-refractivity contribution in [3.8, 4) is 5.75 Å². The number of ether oxygens (including phenoxy) is 1. The Hall–Kier alpha value is -3.19. The third-order valence-corrected chi connectivity index (χ3v) is 6.46. The van der Waals surface area contributed by atoms with Gasteiger partial charge >= 0.3 is 0 Å². The Morgan fingerprint density at radius 2 is 1.94 bits per heavy atom. The van der Waals surface area contributed by atoms with E-state index in [1.807, 2.05) is 31.3 Å². The number of nitrogens with one attached hydrogen (secondary N) is 3. The number of H-pyrrole nitrogens is 1. The number of rotatable bonds is 8. The number of hydrogen-bond donors (Lipinski definition) is 3. The van der Waals surface area contributed by atoms with Crippen LogP contribution in [0.25, 0.3) is 0 Å². The van der Waals surface area contributed by atoms with Crippen LogP contribution in [-0.2, 0) is 11.2 Å². The topological polar surface area (TPSA) is 66.2 Å². The van der Waals surface area contributed by atoms with Gasteiger partial charge in [-0.15, -0.1) is 0 Å². The summed E-state index contributed by atoms with van der Waals surface area (Å²) in [6, 6.07) is 12.7. The normalized spacial score (nSPS) is 17.9. The van der Waals surface area contributed by atoms with E-state index in [9.17, 15) is 13.6 Å². The number of carbonyl (C=O) groups is 1. The van der Waals surface area contributed by atoms with E-state index in [0.29, 0.717) is 18.6 Å². The van der Waals surface area contributed by atoms with Crippen LogP contribution in [0.2, 0.25) is 0 Å². The lowest BCUT2D eigenvalue weighted by Crippen LogP contribution is -2.43. The van der Waals surface area contributed by atoms with Gasteiger partial charge in [0.15, 0.2) is 0 Å². The minimum absolute atomic E-state index is 0.0893. The standard InChI is InChI=1S/C27H31F2N3O2/c1-4-18-7-8-25-22(12-18)23(9-11-34-25)32-27(19-13-20(28)15-21(29)14-19)26(16(2)31-17(3)33)24-6-5-10-30-24/h5-8,10,12-16,23,26-27,30,32H,4,9,11H2,1-3H3,(H,31,33). The lowest BCUT2D eigenvalue weighted by atomic mass is 9.83. The van der Waals surface area contributed by atoms with Gasteiger partial charge in [-0.05, 0) is 54.8 Å². The van der Waals surface area contributed by atoms with Crippen LogP contribution in [0.15, 0.2) is 54.7 Å². The number of aryl methyl sites for hydroxylation is 1. The summed E-state index contributed by atoms with van der Waals surface area (Å²) in [5.74, 6) is -0.950. The molecule has 0 fully saturated rings. The number of aromatic amines is 1. The minimum atomic E-state index is -0.639. The first-order chi connectivity index (χ1) is 16.4. The summed E-state index contributed by atoms with van der Waals surface area (Å²) in [5.41, 5.74) is 3.56. The van der Waals surface area contributed by atoms with Crippen LogP contribution in [0.5, 0.6) is 5.75 Å². The molecule has 34 heavy (non-hydrogen) atoms. The van der Waals surface area contributed by atoms with E-state index in [1.54, 1.807) is 0 Å². The molecule has 3 N–H and O–H groups in total. The van der Waals surface area contributed by atoms with Crippen molar-refractivity contribution in [3.63, 3.8) is 0 Å². The summed E-state index contributed by atoms with van der Waals surface area (Å²) in [6.07, 6.45) is 3.41. The molecule has 1 amide bonds. The molecule has 2 heterocycles. The largest absolute Gasteiger partial charge is 0.493 e. The second-order valence-corrected chi connectivity index (χ2v) is 8.90. The third-order valence-electron chi connectivity index (χ3n) is 6.46. The third kappa shape index (κ3) is 5.30.